The Labute approximate surface area is 264 Å². The summed E-state index contributed by atoms with van der Waals surface area (Å²) in [6.45, 7) is 6.83. The van der Waals surface area contributed by atoms with E-state index in [9.17, 15) is 19.2 Å². The Morgan fingerprint density at radius 1 is 0.978 bits per heavy atom. The van der Waals surface area contributed by atoms with E-state index in [2.05, 4.69) is 35.5 Å². The third-order valence-electron chi connectivity index (χ3n) is 7.58. The number of nitrogens with one attached hydrogen (secondary N) is 2. The molecule has 2 N–H and O–H groups in total. The van der Waals surface area contributed by atoms with Gasteiger partial charge in [-0.1, -0.05) is 62.4 Å². The van der Waals surface area contributed by atoms with Gasteiger partial charge in [0.2, 0.25) is 23.4 Å². The molecule has 3 heterocycles. The van der Waals surface area contributed by atoms with Crippen LogP contribution in [-0.4, -0.2) is 55.7 Å². The zero-order chi connectivity index (χ0) is 33.0. The molecule has 0 aliphatic heterocycles. The van der Waals surface area contributed by atoms with Crippen molar-refractivity contribution in [3.63, 3.8) is 0 Å². The zero-order valence-corrected chi connectivity index (χ0v) is 26.0. The molecule has 2 aromatic carbocycles. The summed E-state index contributed by atoms with van der Waals surface area (Å²) in [5.41, 5.74) is 1.10. The highest BCUT2D eigenvalue weighted by Gasteiger charge is 2.34. The van der Waals surface area contributed by atoms with Gasteiger partial charge >= 0.3 is 6.09 Å². The largest absolute Gasteiger partial charge is 0.453 e. The Bertz CT molecular complexity index is 1970. The van der Waals surface area contributed by atoms with E-state index in [1.165, 1.54) is 6.20 Å². The molecule has 0 spiro atoms. The summed E-state index contributed by atoms with van der Waals surface area (Å²) in [7, 11) is 1.15. The van der Waals surface area contributed by atoms with Gasteiger partial charge < -0.3 is 14.5 Å². The fourth-order valence-corrected chi connectivity index (χ4v) is 4.86. The number of carbonyl (C=O) groups is 3. The van der Waals surface area contributed by atoms with E-state index in [1.807, 2.05) is 44.2 Å². The van der Waals surface area contributed by atoms with Gasteiger partial charge in [-0.25, -0.2) is 9.78 Å². The fourth-order valence-electron chi connectivity index (χ4n) is 4.86. The molecule has 0 saturated carbocycles. The molecule has 46 heavy (non-hydrogen) atoms. The number of carbonyl (C=O) groups excluding carboxylic acids is 3. The number of amides is 2. The first-order valence-corrected chi connectivity index (χ1v) is 14.5. The molecule has 0 bridgehead atoms. The van der Waals surface area contributed by atoms with Crippen LogP contribution in [-0.2, 0) is 21.5 Å². The van der Waals surface area contributed by atoms with Crippen LogP contribution in [0.4, 0.5) is 10.6 Å². The van der Waals surface area contributed by atoms with Crippen molar-refractivity contribution in [1.82, 2.24) is 30.0 Å². The molecule has 0 radical (unpaired) electrons. The first-order chi connectivity index (χ1) is 22.0. The second kappa shape index (κ2) is 13.1. The zero-order valence-electron chi connectivity index (χ0n) is 26.0. The molecule has 5 aromatic rings. The Kier molecular flexibility index (Phi) is 9.03. The summed E-state index contributed by atoms with van der Waals surface area (Å²) >= 11 is 0. The fraction of sp³-hybridized carbons (Fsp3) is 0.273. The van der Waals surface area contributed by atoms with Gasteiger partial charge in [-0.05, 0) is 43.0 Å². The number of nitrogens with zero attached hydrogens (tertiary/aromatic N) is 5. The van der Waals surface area contributed by atoms with Gasteiger partial charge in [0.15, 0.2) is 0 Å². The second-order valence-electron chi connectivity index (χ2n) is 11.5. The summed E-state index contributed by atoms with van der Waals surface area (Å²) in [6, 6.07) is 17.5. The smallest absolute Gasteiger partial charge is 0.412 e. The molecule has 13 heteroatoms. The molecule has 236 valence electrons. The molecule has 13 nitrogen and oxygen atoms in total. The SMILES string of the molecule is COC(=O)Nc1ncc(-c2ccccc2)n(CC(=O)N[C@H](C(=O)c2nnc(C(C)(C)c3cnc4ccccc4c3)o2)C(C)C)c1=O. The van der Waals surface area contributed by atoms with Crippen LogP contribution in [0.15, 0.2) is 82.3 Å². The lowest BCUT2D eigenvalue weighted by Crippen LogP contribution is -2.46. The van der Waals surface area contributed by atoms with Gasteiger partial charge in [0.05, 0.1) is 36.0 Å². The van der Waals surface area contributed by atoms with Crippen LogP contribution in [0.5, 0.6) is 0 Å². The van der Waals surface area contributed by atoms with Crippen molar-refractivity contribution in [3.8, 4) is 11.3 Å². The van der Waals surface area contributed by atoms with Gasteiger partial charge in [0.25, 0.3) is 11.4 Å². The molecule has 0 saturated heterocycles. The van der Waals surface area contributed by atoms with Crippen LogP contribution in [0, 0.1) is 5.92 Å². The minimum absolute atomic E-state index is 0.211. The second-order valence-corrected chi connectivity index (χ2v) is 11.5. The summed E-state index contributed by atoms with van der Waals surface area (Å²) in [5.74, 6) is -1.95. The lowest BCUT2D eigenvalue weighted by molar-refractivity contribution is -0.122. The normalized spacial score (nSPS) is 12.1. The van der Waals surface area contributed by atoms with Crippen molar-refractivity contribution in [2.75, 3.05) is 12.4 Å². The highest BCUT2D eigenvalue weighted by atomic mass is 16.5. The summed E-state index contributed by atoms with van der Waals surface area (Å²) < 4.78 is 11.6. The van der Waals surface area contributed by atoms with Crippen molar-refractivity contribution in [3.05, 3.63) is 101 Å². The highest BCUT2D eigenvalue weighted by molar-refractivity contribution is 5.98. The van der Waals surface area contributed by atoms with Gasteiger partial charge in [-0.3, -0.25) is 29.3 Å². The van der Waals surface area contributed by atoms with Gasteiger partial charge in [0.1, 0.15) is 6.54 Å². The van der Waals surface area contributed by atoms with Crippen molar-refractivity contribution >= 4 is 34.5 Å². The standard InChI is InChI=1S/C33H33N7O6/c1-19(2)26(27(42)29-38-39-31(46-29)33(3,4)22-15-21-13-9-10-14-23(21)34-16-22)36-25(41)18-40-24(20-11-7-6-8-12-20)17-35-28(30(40)43)37-32(44)45-5/h6-17,19,26H,18H2,1-5H3,(H,36,41)(H,35,37,44)/t26-/m0/s1. The average molecular weight is 624 g/mol. The molecule has 1 atom stereocenters. The average Bonchev–Trinajstić information content (AvgIpc) is 3.57. The van der Waals surface area contributed by atoms with Crippen LogP contribution in [0.2, 0.25) is 0 Å². The maximum Gasteiger partial charge on any atom is 0.412 e. The number of pyridine rings is 1. The molecule has 0 aliphatic rings. The van der Waals surface area contributed by atoms with Crippen molar-refractivity contribution in [1.29, 1.82) is 0 Å². The van der Waals surface area contributed by atoms with E-state index in [-0.39, 0.29) is 23.5 Å². The number of hydrogen-bond donors (Lipinski definition) is 2. The quantitative estimate of drug-likeness (QED) is 0.213. The number of anilines is 1. The van der Waals surface area contributed by atoms with Crippen molar-refractivity contribution in [2.24, 2.45) is 5.92 Å². The van der Waals surface area contributed by atoms with Crippen molar-refractivity contribution < 1.29 is 23.5 Å². The van der Waals surface area contributed by atoms with E-state index in [4.69, 9.17) is 4.42 Å². The monoisotopic (exact) mass is 623 g/mol. The number of ketones is 1. The molecule has 0 unspecified atom stereocenters. The Morgan fingerprint density at radius 3 is 2.41 bits per heavy atom. The first-order valence-electron chi connectivity index (χ1n) is 14.5. The lowest BCUT2D eigenvalue weighted by Gasteiger charge is -2.22. The summed E-state index contributed by atoms with van der Waals surface area (Å²) in [4.78, 5) is 60.8. The maximum atomic E-state index is 13.6. The number of rotatable bonds is 10. The Hall–Kier alpha value is -5.72. The van der Waals surface area contributed by atoms with Crippen LogP contribution >= 0.6 is 0 Å². The van der Waals surface area contributed by atoms with Crippen LogP contribution in [0.25, 0.3) is 22.2 Å². The van der Waals surface area contributed by atoms with Crippen LogP contribution in [0.3, 0.4) is 0 Å². The lowest BCUT2D eigenvalue weighted by atomic mass is 9.85. The molecular weight excluding hydrogens is 590 g/mol. The number of ether oxygens (including phenoxy) is 1. The van der Waals surface area contributed by atoms with E-state index >= 15 is 0 Å². The number of hydrogen-bond acceptors (Lipinski definition) is 10. The maximum absolute atomic E-state index is 13.6. The predicted molar refractivity (Wildman–Crippen MR) is 169 cm³/mol. The minimum Gasteiger partial charge on any atom is -0.453 e. The molecule has 2 amide bonds. The van der Waals surface area contributed by atoms with Gasteiger partial charge in [-0.2, -0.15) is 0 Å². The van der Waals surface area contributed by atoms with E-state index < -0.39 is 41.3 Å². The molecule has 3 aromatic heterocycles. The van der Waals surface area contributed by atoms with Crippen LogP contribution in [0.1, 0.15) is 49.8 Å². The van der Waals surface area contributed by atoms with Gasteiger partial charge in [-0.15, -0.1) is 10.2 Å². The minimum atomic E-state index is -1.04. The van der Waals surface area contributed by atoms with E-state index in [0.717, 1.165) is 28.1 Å². The molecule has 0 fully saturated rings. The Balaban J connectivity index is 1.39. The van der Waals surface area contributed by atoms with E-state index in [0.29, 0.717) is 11.3 Å². The molecular formula is C33H33N7O6. The Morgan fingerprint density at radius 2 is 1.70 bits per heavy atom. The third-order valence-corrected chi connectivity index (χ3v) is 7.58. The number of para-hydroxylation sites is 1. The van der Waals surface area contributed by atoms with Crippen LogP contribution < -0.4 is 16.2 Å². The third kappa shape index (κ3) is 6.53. The number of fused-ring (bicyclic) bond motifs is 1. The van der Waals surface area contributed by atoms with Gasteiger partial charge in [0, 0.05) is 11.6 Å². The molecule has 0 aliphatic carbocycles. The number of benzene rings is 2. The summed E-state index contributed by atoms with van der Waals surface area (Å²) in [6.07, 6.45) is 2.22. The van der Waals surface area contributed by atoms with Crippen molar-refractivity contribution in [2.45, 2.75) is 45.7 Å². The number of methoxy groups -OCH3 is 1. The predicted octanol–water partition coefficient (Wildman–Crippen LogP) is 4.37. The topological polar surface area (TPSA) is 171 Å². The first kappa shape index (κ1) is 31.7. The number of Topliss-reactive ketones (excluding diaryl/α,β-unsaturated/α-hetero) is 1. The molecule has 5 rings (SSSR count). The highest BCUT2D eigenvalue weighted by Crippen LogP contribution is 2.32. The van der Waals surface area contributed by atoms with E-state index in [1.54, 1.807) is 50.4 Å². The summed E-state index contributed by atoms with van der Waals surface area (Å²) in [5, 5.41) is 14.1. The number of aromatic nitrogens is 5.